The zero-order valence-electron chi connectivity index (χ0n) is 19.9. The third-order valence-electron chi connectivity index (χ3n) is 6.41. The van der Waals surface area contributed by atoms with Crippen LogP contribution in [0.5, 0.6) is 0 Å². The Balaban J connectivity index is 1.28. The van der Waals surface area contributed by atoms with Gasteiger partial charge in [0.2, 0.25) is 11.8 Å². The van der Waals surface area contributed by atoms with E-state index in [9.17, 15) is 14.4 Å². The van der Waals surface area contributed by atoms with Crippen molar-refractivity contribution in [3.05, 3.63) is 48.5 Å². The zero-order valence-corrected chi connectivity index (χ0v) is 19.9. The molecule has 2 fully saturated rings. The number of benzene rings is 1. The van der Waals surface area contributed by atoms with Gasteiger partial charge < -0.3 is 24.4 Å². The van der Waals surface area contributed by atoms with Gasteiger partial charge in [0.25, 0.3) is 5.91 Å². The molecule has 2 saturated heterocycles. The molecular weight excluding hydrogens is 434 g/mol. The Bertz CT molecular complexity index is 990. The number of piperidine rings is 1. The Morgan fingerprint density at radius 3 is 2.50 bits per heavy atom. The summed E-state index contributed by atoms with van der Waals surface area (Å²) in [6, 6.07) is 7.03. The summed E-state index contributed by atoms with van der Waals surface area (Å²) >= 11 is 0. The number of anilines is 1. The topological polar surface area (TPSA) is 96.8 Å². The summed E-state index contributed by atoms with van der Waals surface area (Å²) < 4.78 is 7.58. The fraction of sp³-hybridized carbons (Fsp3) is 0.520. The number of nitrogens with one attached hydrogen (secondary N) is 1. The van der Waals surface area contributed by atoms with E-state index in [0.29, 0.717) is 63.2 Å². The van der Waals surface area contributed by atoms with Crippen molar-refractivity contribution < 1.29 is 19.1 Å². The molecule has 0 aliphatic carbocycles. The minimum absolute atomic E-state index is 0.0491. The van der Waals surface area contributed by atoms with Crippen molar-refractivity contribution in [2.24, 2.45) is 5.92 Å². The number of amides is 3. The number of carbonyl (C=O) groups excluding carboxylic acids is 3. The highest BCUT2D eigenvalue weighted by Gasteiger charge is 2.33. The van der Waals surface area contributed by atoms with Gasteiger partial charge in [-0.05, 0) is 44.9 Å². The van der Waals surface area contributed by atoms with Gasteiger partial charge >= 0.3 is 0 Å². The average molecular weight is 468 g/mol. The lowest BCUT2D eigenvalue weighted by atomic mass is 9.94. The second-order valence-corrected chi connectivity index (χ2v) is 9.25. The number of likely N-dealkylation sites (tertiary alicyclic amines) is 1. The van der Waals surface area contributed by atoms with Crippen molar-refractivity contribution in [2.45, 2.75) is 51.9 Å². The molecule has 0 radical (unpaired) electrons. The zero-order chi connectivity index (χ0) is 24.1. The summed E-state index contributed by atoms with van der Waals surface area (Å²) in [5.41, 5.74) is 1.13. The molecule has 2 atom stereocenters. The fourth-order valence-electron chi connectivity index (χ4n) is 4.73. The quantitative estimate of drug-likeness (QED) is 0.704. The van der Waals surface area contributed by atoms with Crippen molar-refractivity contribution in [1.82, 2.24) is 19.4 Å². The molecule has 2 aromatic rings. The van der Waals surface area contributed by atoms with Gasteiger partial charge in [0.15, 0.2) is 0 Å². The second kappa shape index (κ2) is 10.8. The van der Waals surface area contributed by atoms with Gasteiger partial charge in [-0.2, -0.15) is 0 Å². The van der Waals surface area contributed by atoms with Crippen LogP contribution in [-0.2, 0) is 20.9 Å². The van der Waals surface area contributed by atoms with E-state index in [4.69, 9.17) is 4.74 Å². The first-order chi connectivity index (χ1) is 16.4. The Hall–Kier alpha value is -3.20. The molecule has 0 bridgehead atoms. The Kier molecular flexibility index (Phi) is 7.62. The minimum atomic E-state index is -0.121. The lowest BCUT2D eigenvalue weighted by Gasteiger charge is -2.39. The standard InChI is InChI=1S/C25H33N5O4/c1-18-15-30(16-19(2)34-18)24(32)20-6-11-29(12-7-20)25(33)21-4-3-5-22(14-21)27-23(31)8-10-28-13-9-26-17-28/h3-5,9,13-14,17-20H,6-8,10-12,15-16H2,1-2H3,(H,27,31). The maximum absolute atomic E-state index is 13.1. The summed E-state index contributed by atoms with van der Waals surface area (Å²) in [4.78, 5) is 46.0. The highest BCUT2D eigenvalue weighted by Crippen LogP contribution is 2.24. The van der Waals surface area contributed by atoms with Crippen LogP contribution >= 0.6 is 0 Å². The normalized spacial score (nSPS) is 21.4. The van der Waals surface area contributed by atoms with Gasteiger partial charge in [-0.1, -0.05) is 6.07 Å². The molecule has 9 nitrogen and oxygen atoms in total. The predicted molar refractivity (Wildman–Crippen MR) is 127 cm³/mol. The third kappa shape index (κ3) is 6.02. The molecule has 2 aliphatic heterocycles. The van der Waals surface area contributed by atoms with Gasteiger partial charge in [0, 0.05) is 68.7 Å². The fourth-order valence-corrected chi connectivity index (χ4v) is 4.73. The van der Waals surface area contributed by atoms with Crippen molar-refractivity contribution in [3.8, 4) is 0 Å². The number of rotatable bonds is 6. The van der Waals surface area contributed by atoms with Crippen LogP contribution in [0.15, 0.2) is 43.0 Å². The van der Waals surface area contributed by atoms with Crippen molar-refractivity contribution in [1.29, 1.82) is 0 Å². The Morgan fingerprint density at radius 1 is 1.09 bits per heavy atom. The van der Waals surface area contributed by atoms with E-state index in [2.05, 4.69) is 10.3 Å². The molecule has 0 saturated carbocycles. The second-order valence-electron chi connectivity index (χ2n) is 9.25. The SMILES string of the molecule is CC1CN(C(=O)C2CCN(C(=O)c3cccc(NC(=O)CCn4ccnc4)c3)CC2)CC(C)O1. The van der Waals surface area contributed by atoms with Crippen LogP contribution < -0.4 is 5.32 Å². The highest BCUT2D eigenvalue weighted by atomic mass is 16.5. The van der Waals surface area contributed by atoms with Gasteiger partial charge in [-0.25, -0.2) is 4.98 Å². The lowest BCUT2D eigenvalue weighted by Crippen LogP contribution is -2.51. The molecule has 182 valence electrons. The largest absolute Gasteiger partial charge is 0.372 e. The molecule has 4 rings (SSSR count). The van der Waals surface area contributed by atoms with Crippen LogP contribution in [0.25, 0.3) is 0 Å². The molecule has 3 heterocycles. The summed E-state index contributed by atoms with van der Waals surface area (Å²) in [6.07, 6.45) is 6.90. The number of morpholine rings is 1. The average Bonchev–Trinajstić information content (AvgIpc) is 3.35. The van der Waals surface area contributed by atoms with Gasteiger partial charge in [0.1, 0.15) is 0 Å². The molecule has 2 unspecified atom stereocenters. The van der Waals surface area contributed by atoms with Crippen LogP contribution in [0.1, 0.15) is 43.5 Å². The van der Waals surface area contributed by atoms with Crippen LogP contribution in [0.3, 0.4) is 0 Å². The molecule has 1 aromatic heterocycles. The number of ether oxygens (including phenoxy) is 1. The van der Waals surface area contributed by atoms with E-state index in [1.54, 1.807) is 41.7 Å². The van der Waals surface area contributed by atoms with Crippen molar-refractivity contribution in [3.63, 3.8) is 0 Å². The lowest BCUT2D eigenvalue weighted by molar-refractivity contribution is -0.148. The van der Waals surface area contributed by atoms with E-state index in [1.165, 1.54) is 0 Å². The number of nitrogens with zero attached hydrogens (tertiary/aromatic N) is 4. The summed E-state index contributed by atoms with van der Waals surface area (Å²) in [5.74, 6) is -0.0735. The van der Waals surface area contributed by atoms with Crippen LogP contribution in [0.2, 0.25) is 0 Å². The number of aryl methyl sites for hydroxylation is 1. The molecule has 1 N–H and O–H groups in total. The number of imidazole rings is 1. The van der Waals surface area contributed by atoms with Crippen molar-refractivity contribution in [2.75, 3.05) is 31.5 Å². The molecular formula is C25H33N5O4. The molecule has 9 heteroatoms. The number of carbonyl (C=O) groups is 3. The number of aromatic nitrogens is 2. The number of hydrogen-bond acceptors (Lipinski definition) is 5. The summed E-state index contributed by atoms with van der Waals surface area (Å²) in [6.45, 7) is 6.88. The van der Waals surface area contributed by atoms with E-state index >= 15 is 0 Å². The molecule has 1 aromatic carbocycles. The van der Waals surface area contributed by atoms with Gasteiger partial charge in [0.05, 0.1) is 18.5 Å². The van der Waals surface area contributed by atoms with Crippen molar-refractivity contribution >= 4 is 23.4 Å². The number of hydrogen-bond donors (Lipinski definition) is 1. The molecule has 0 spiro atoms. The Labute approximate surface area is 200 Å². The maximum Gasteiger partial charge on any atom is 0.253 e. The van der Waals surface area contributed by atoms with E-state index < -0.39 is 0 Å². The molecule has 2 aliphatic rings. The van der Waals surface area contributed by atoms with E-state index in [0.717, 1.165) is 0 Å². The first kappa shape index (κ1) is 23.9. The summed E-state index contributed by atoms with van der Waals surface area (Å²) in [7, 11) is 0. The van der Waals surface area contributed by atoms with Crippen LogP contribution in [-0.4, -0.2) is 75.5 Å². The smallest absolute Gasteiger partial charge is 0.253 e. The third-order valence-corrected chi connectivity index (χ3v) is 6.41. The van der Waals surface area contributed by atoms with E-state index in [-0.39, 0.29) is 35.8 Å². The maximum atomic E-state index is 13.1. The monoisotopic (exact) mass is 467 g/mol. The minimum Gasteiger partial charge on any atom is -0.372 e. The molecule has 3 amide bonds. The highest BCUT2D eigenvalue weighted by molar-refractivity contribution is 5.97. The van der Waals surface area contributed by atoms with Crippen LogP contribution in [0, 0.1) is 5.92 Å². The van der Waals surface area contributed by atoms with E-state index in [1.807, 2.05) is 29.5 Å². The predicted octanol–water partition coefficient (Wildman–Crippen LogP) is 2.40. The Morgan fingerprint density at radius 2 is 1.82 bits per heavy atom. The summed E-state index contributed by atoms with van der Waals surface area (Å²) in [5, 5.41) is 2.86. The first-order valence-corrected chi connectivity index (χ1v) is 12.0. The van der Waals surface area contributed by atoms with Crippen LogP contribution in [0.4, 0.5) is 5.69 Å². The van der Waals surface area contributed by atoms with Gasteiger partial charge in [-0.3, -0.25) is 14.4 Å². The first-order valence-electron chi connectivity index (χ1n) is 12.0. The van der Waals surface area contributed by atoms with Gasteiger partial charge in [-0.15, -0.1) is 0 Å². The molecule has 34 heavy (non-hydrogen) atoms.